The molecule has 4 rings (SSSR count). The van der Waals surface area contributed by atoms with Gasteiger partial charge in [-0.15, -0.1) is 0 Å². The Balaban J connectivity index is 1.75. The van der Waals surface area contributed by atoms with Gasteiger partial charge < -0.3 is 14.6 Å². The molecule has 0 unspecified atom stereocenters. The predicted octanol–water partition coefficient (Wildman–Crippen LogP) is 3.81. The fraction of sp³-hybridized carbons (Fsp3) is 0.263. The number of pyridine rings is 1. The first-order chi connectivity index (χ1) is 12.2. The van der Waals surface area contributed by atoms with Gasteiger partial charge in [0.1, 0.15) is 11.8 Å². The monoisotopic (exact) mass is 355 g/mol. The number of hydrogen-bond donors (Lipinski definition) is 1. The van der Waals surface area contributed by atoms with Crippen molar-refractivity contribution in [1.82, 2.24) is 9.97 Å². The topological polar surface area (TPSA) is 58.2 Å². The maximum atomic E-state index is 12.1. The Kier molecular flexibility index (Phi) is 4.19. The summed E-state index contributed by atoms with van der Waals surface area (Å²) in [6.07, 6.45) is 0.817. The molecule has 1 amide bonds. The third kappa shape index (κ3) is 2.90. The van der Waals surface area contributed by atoms with Crippen molar-refractivity contribution in [1.29, 1.82) is 0 Å². The highest BCUT2D eigenvalue weighted by atomic mass is 35.5. The van der Waals surface area contributed by atoms with E-state index in [4.69, 9.17) is 21.3 Å². The smallest absolute Gasteiger partial charge is 0.253 e. The van der Waals surface area contributed by atoms with E-state index >= 15 is 0 Å². The zero-order valence-corrected chi connectivity index (χ0v) is 14.6. The Bertz CT molecular complexity index is 951. The molecule has 0 spiro atoms. The summed E-state index contributed by atoms with van der Waals surface area (Å²) in [6, 6.07) is 11.9. The van der Waals surface area contributed by atoms with Gasteiger partial charge in [0.2, 0.25) is 0 Å². The zero-order chi connectivity index (χ0) is 17.4. The molecule has 1 aliphatic rings. The lowest BCUT2D eigenvalue weighted by atomic mass is 10.1. The number of nitrogens with one attached hydrogen (secondary N) is 1. The highest BCUT2D eigenvalue weighted by Gasteiger charge is 2.20. The Hall–Kier alpha value is -2.37. The average Bonchev–Trinajstić information content (AvgIpc) is 2.96. The Morgan fingerprint density at radius 3 is 3.00 bits per heavy atom. The lowest BCUT2D eigenvalue weighted by molar-refractivity contribution is -0.125. The molecule has 1 N–H and O–H groups in total. The molecule has 0 aliphatic carbocycles. The van der Waals surface area contributed by atoms with Gasteiger partial charge in [0.15, 0.2) is 0 Å². The van der Waals surface area contributed by atoms with E-state index in [0.717, 1.165) is 40.0 Å². The van der Waals surface area contributed by atoms with Crippen LogP contribution in [0.15, 0.2) is 36.4 Å². The van der Waals surface area contributed by atoms with Crippen LogP contribution in [0.1, 0.15) is 12.5 Å². The van der Waals surface area contributed by atoms with Gasteiger partial charge >= 0.3 is 0 Å². The average molecular weight is 356 g/mol. The van der Waals surface area contributed by atoms with Crippen molar-refractivity contribution in [2.75, 3.05) is 24.7 Å². The minimum atomic E-state index is -0.0162. The summed E-state index contributed by atoms with van der Waals surface area (Å²) in [5.74, 6) is -0.0162. The molecule has 25 heavy (non-hydrogen) atoms. The number of amides is 1. The van der Waals surface area contributed by atoms with E-state index in [1.807, 2.05) is 36.4 Å². The molecule has 0 atom stereocenters. The standard InChI is InChI=1S/C19H18ClN3O2/c1-2-14-18-16(22-19(14)20)7-6-15(21-18)12-4-3-5-13(10-12)23-8-9-25-11-17(23)24/h3-7,10,22H,2,8-9,11H2,1H3. The van der Waals surface area contributed by atoms with Gasteiger partial charge in [0.05, 0.1) is 23.3 Å². The van der Waals surface area contributed by atoms with E-state index in [-0.39, 0.29) is 12.5 Å². The molecule has 1 aliphatic heterocycles. The van der Waals surface area contributed by atoms with Crippen molar-refractivity contribution in [2.24, 2.45) is 0 Å². The Morgan fingerprint density at radius 1 is 1.32 bits per heavy atom. The number of fused-ring (bicyclic) bond motifs is 1. The number of benzene rings is 1. The van der Waals surface area contributed by atoms with E-state index < -0.39 is 0 Å². The molecule has 3 aromatic rings. The number of anilines is 1. The van der Waals surface area contributed by atoms with Crippen molar-refractivity contribution in [2.45, 2.75) is 13.3 Å². The fourth-order valence-corrected chi connectivity index (χ4v) is 3.52. The van der Waals surface area contributed by atoms with Crippen LogP contribution >= 0.6 is 11.6 Å². The summed E-state index contributed by atoms with van der Waals surface area (Å²) in [6.45, 7) is 3.33. The second-order valence-electron chi connectivity index (χ2n) is 6.01. The summed E-state index contributed by atoms with van der Waals surface area (Å²) in [7, 11) is 0. The van der Waals surface area contributed by atoms with Gasteiger partial charge in [0.25, 0.3) is 5.91 Å². The van der Waals surface area contributed by atoms with E-state index in [9.17, 15) is 4.79 Å². The number of aromatic amines is 1. The van der Waals surface area contributed by atoms with E-state index in [2.05, 4.69) is 11.9 Å². The highest BCUT2D eigenvalue weighted by molar-refractivity contribution is 6.31. The minimum Gasteiger partial charge on any atom is -0.370 e. The Morgan fingerprint density at radius 2 is 2.20 bits per heavy atom. The van der Waals surface area contributed by atoms with Crippen LogP contribution in [-0.2, 0) is 16.0 Å². The quantitative estimate of drug-likeness (QED) is 0.777. The molecular weight excluding hydrogens is 338 g/mol. The first-order valence-electron chi connectivity index (χ1n) is 8.33. The molecule has 0 bridgehead atoms. The van der Waals surface area contributed by atoms with E-state index in [0.29, 0.717) is 18.3 Å². The molecule has 0 radical (unpaired) electrons. The van der Waals surface area contributed by atoms with Crippen molar-refractivity contribution < 1.29 is 9.53 Å². The second-order valence-corrected chi connectivity index (χ2v) is 6.39. The third-order valence-electron chi connectivity index (χ3n) is 4.48. The first-order valence-corrected chi connectivity index (χ1v) is 8.71. The molecular formula is C19H18ClN3O2. The van der Waals surface area contributed by atoms with Crippen LogP contribution in [-0.4, -0.2) is 35.6 Å². The third-order valence-corrected chi connectivity index (χ3v) is 4.81. The number of carbonyl (C=O) groups excluding carboxylic acids is 1. The van der Waals surface area contributed by atoms with Gasteiger partial charge in [-0.25, -0.2) is 4.98 Å². The molecule has 128 valence electrons. The normalized spacial score (nSPS) is 15.1. The summed E-state index contributed by atoms with van der Waals surface area (Å²) in [5.41, 5.74) is 5.56. The van der Waals surface area contributed by atoms with Crippen molar-refractivity contribution in [3.8, 4) is 11.3 Å². The molecule has 1 fully saturated rings. The fourth-order valence-electron chi connectivity index (χ4n) is 3.20. The molecule has 1 saturated heterocycles. The number of aryl methyl sites for hydroxylation is 1. The van der Waals surface area contributed by atoms with Crippen LogP contribution in [0, 0.1) is 0 Å². The number of H-pyrrole nitrogens is 1. The zero-order valence-electron chi connectivity index (χ0n) is 13.9. The van der Waals surface area contributed by atoms with Gasteiger partial charge in [-0.1, -0.05) is 30.7 Å². The van der Waals surface area contributed by atoms with Crippen LogP contribution in [0.2, 0.25) is 5.15 Å². The molecule has 1 aromatic carbocycles. The van der Waals surface area contributed by atoms with E-state index in [1.54, 1.807) is 4.90 Å². The predicted molar refractivity (Wildman–Crippen MR) is 99.1 cm³/mol. The van der Waals surface area contributed by atoms with Crippen LogP contribution in [0.4, 0.5) is 5.69 Å². The number of hydrogen-bond acceptors (Lipinski definition) is 3. The highest BCUT2D eigenvalue weighted by Crippen LogP contribution is 2.29. The molecule has 5 nitrogen and oxygen atoms in total. The van der Waals surface area contributed by atoms with Gasteiger partial charge in [0, 0.05) is 23.4 Å². The van der Waals surface area contributed by atoms with Crippen molar-refractivity contribution in [3.05, 3.63) is 47.1 Å². The number of morpholine rings is 1. The largest absolute Gasteiger partial charge is 0.370 e. The summed E-state index contributed by atoms with van der Waals surface area (Å²) >= 11 is 6.26. The number of ether oxygens (including phenoxy) is 1. The van der Waals surface area contributed by atoms with Crippen LogP contribution in [0.5, 0.6) is 0 Å². The lowest BCUT2D eigenvalue weighted by Gasteiger charge is -2.27. The van der Waals surface area contributed by atoms with Crippen molar-refractivity contribution in [3.63, 3.8) is 0 Å². The number of rotatable bonds is 3. The summed E-state index contributed by atoms with van der Waals surface area (Å²) in [5, 5.41) is 0.648. The number of aromatic nitrogens is 2. The van der Waals surface area contributed by atoms with Crippen molar-refractivity contribution >= 4 is 34.2 Å². The molecule has 2 aromatic heterocycles. The lowest BCUT2D eigenvalue weighted by Crippen LogP contribution is -2.41. The number of carbonyl (C=O) groups is 1. The van der Waals surface area contributed by atoms with Crippen LogP contribution in [0.3, 0.4) is 0 Å². The molecule has 0 saturated carbocycles. The van der Waals surface area contributed by atoms with Crippen LogP contribution in [0.25, 0.3) is 22.3 Å². The minimum absolute atomic E-state index is 0.0162. The van der Waals surface area contributed by atoms with E-state index in [1.165, 1.54) is 0 Å². The number of nitrogens with zero attached hydrogens (tertiary/aromatic N) is 2. The SMILES string of the molecule is CCc1c(Cl)[nH]c2ccc(-c3cccc(N4CCOCC4=O)c3)nc12. The summed E-state index contributed by atoms with van der Waals surface area (Å²) in [4.78, 5) is 21.8. The van der Waals surface area contributed by atoms with Gasteiger partial charge in [-0.3, -0.25) is 4.79 Å². The Labute approximate surface area is 150 Å². The number of halogens is 1. The maximum Gasteiger partial charge on any atom is 0.253 e. The van der Waals surface area contributed by atoms with Gasteiger partial charge in [-0.05, 0) is 30.7 Å². The maximum absolute atomic E-state index is 12.1. The first kappa shape index (κ1) is 16.1. The second kappa shape index (κ2) is 6.50. The van der Waals surface area contributed by atoms with Crippen LogP contribution < -0.4 is 4.90 Å². The molecule has 6 heteroatoms. The van der Waals surface area contributed by atoms with Gasteiger partial charge in [-0.2, -0.15) is 0 Å². The summed E-state index contributed by atoms with van der Waals surface area (Å²) < 4.78 is 5.20. The molecule has 3 heterocycles.